The molecular formula is C48H41BIrN4-3. The van der Waals surface area contributed by atoms with E-state index < -0.39 is 0 Å². The van der Waals surface area contributed by atoms with Gasteiger partial charge in [0.2, 0.25) is 0 Å². The van der Waals surface area contributed by atoms with E-state index in [1.807, 2.05) is 158 Å². The number of nitrogens with zero attached hydrogens (tertiary/aromatic N) is 4. The molecule has 0 aliphatic carbocycles. The van der Waals surface area contributed by atoms with Gasteiger partial charge in [-0.2, -0.15) is 108 Å². The number of pyridine rings is 4. The molecule has 0 bridgehead atoms. The molecule has 0 aliphatic rings. The first kappa shape index (κ1) is 42.6. The molecule has 0 amide bonds. The maximum Gasteiger partial charge on any atom is 0.0447 e. The molecule has 268 valence electrons. The third kappa shape index (κ3) is 17.1. The Morgan fingerprint density at radius 1 is 0.315 bits per heavy atom. The Bertz CT molecular complexity index is 1590. The molecule has 4 radical (unpaired) electrons. The van der Waals surface area contributed by atoms with Gasteiger partial charge in [0.25, 0.3) is 0 Å². The summed E-state index contributed by atoms with van der Waals surface area (Å²) in [7, 11) is 0. The maximum atomic E-state index is 4.27. The van der Waals surface area contributed by atoms with Crippen molar-refractivity contribution in [1.29, 1.82) is 0 Å². The van der Waals surface area contributed by atoms with E-state index in [2.05, 4.69) is 80.6 Å². The summed E-state index contributed by atoms with van der Waals surface area (Å²) < 4.78 is 0. The number of hydrogen-bond donors (Lipinski definition) is 0. The zero-order valence-electron chi connectivity index (χ0n) is 30.1. The molecule has 0 spiro atoms. The van der Waals surface area contributed by atoms with Crippen molar-refractivity contribution in [3.63, 3.8) is 0 Å². The number of benzene rings is 4. The number of hydrogen-bond acceptors (Lipinski definition) is 4. The van der Waals surface area contributed by atoms with Gasteiger partial charge >= 0.3 is 0 Å². The van der Waals surface area contributed by atoms with Crippen LogP contribution in [-0.2, 0) is 45.8 Å². The van der Waals surface area contributed by atoms with Gasteiger partial charge in [-0.3, -0.25) is 19.9 Å². The average molecular weight is 877 g/mol. The number of rotatable bonds is 8. The van der Waals surface area contributed by atoms with E-state index in [0.29, 0.717) is 0 Å². The summed E-state index contributed by atoms with van der Waals surface area (Å²) in [6, 6.07) is 67.8. The predicted molar refractivity (Wildman–Crippen MR) is 216 cm³/mol. The molecule has 0 N–H and O–H groups in total. The van der Waals surface area contributed by atoms with Crippen LogP contribution in [0.1, 0.15) is 45.0 Å². The average Bonchev–Trinajstić information content (AvgIpc) is 3.22. The van der Waals surface area contributed by atoms with Gasteiger partial charge in [-0.15, -0.1) is 0 Å². The van der Waals surface area contributed by atoms with E-state index in [-0.39, 0.29) is 28.5 Å². The van der Waals surface area contributed by atoms with Crippen molar-refractivity contribution < 1.29 is 20.1 Å². The molecule has 6 heteroatoms. The van der Waals surface area contributed by atoms with Crippen molar-refractivity contribution in [1.82, 2.24) is 19.9 Å². The molecule has 8 aromatic rings. The van der Waals surface area contributed by atoms with Crippen LogP contribution in [0.25, 0.3) is 0 Å². The second-order valence-electron chi connectivity index (χ2n) is 11.6. The first-order valence-corrected chi connectivity index (χ1v) is 17.3. The normalized spacial score (nSPS) is 9.48. The minimum Gasteiger partial charge on any atom is -0.261 e. The van der Waals surface area contributed by atoms with Crippen molar-refractivity contribution in [2.75, 3.05) is 0 Å². The Labute approximate surface area is 336 Å². The topological polar surface area (TPSA) is 51.6 Å². The molecule has 0 saturated carbocycles. The van der Waals surface area contributed by atoms with E-state index in [1.54, 1.807) is 0 Å². The molecule has 4 nitrogen and oxygen atoms in total. The summed E-state index contributed by atoms with van der Waals surface area (Å²) in [6.45, 7) is 0. The van der Waals surface area contributed by atoms with Gasteiger partial charge < -0.3 is 0 Å². The molecule has 4 aromatic heterocycles. The minimum absolute atomic E-state index is 0. The standard InChI is InChI=1S/C12H11N.3C12H10N.B.Ir/c4*1-2-6-11(7-3-1)10-12-8-4-5-9-13-12;;/h1-9H,10H2;3*1-6,8-9H,10H2;;/q;3*-1;;. The van der Waals surface area contributed by atoms with Crippen LogP contribution in [-0.4, -0.2) is 28.3 Å². The Morgan fingerprint density at radius 2 is 0.611 bits per heavy atom. The van der Waals surface area contributed by atoms with Gasteiger partial charge in [0.1, 0.15) is 0 Å². The van der Waals surface area contributed by atoms with Gasteiger partial charge in [0.05, 0.1) is 0 Å². The van der Waals surface area contributed by atoms with Crippen LogP contribution in [0, 0.1) is 18.2 Å². The van der Waals surface area contributed by atoms with Crippen molar-refractivity contribution in [2.24, 2.45) is 0 Å². The van der Waals surface area contributed by atoms with Crippen LogP contribution in [0.2, 0.25) is 0 Å². The van der Waals surface area contributed by atoms with Crippen molar-refractivity contribution in [3.05, 3.63) is 264 Å². The van der Waals surface area contributed by atoms with E-state index in [9.17, 15) is 0 Å². The van der Waals surface area contributed by atoms with Crippen LogP contribution in [0.15, 0.2) is 201 Å². The Hall–Kier alpha value is -5.81. The third-order valence-electron chi connectivity index (χ3n) is 7.57. The van der Waals surface area contributed by atoms with Crippen molar-refractivity contribution in [3.8, 4) is 0 Å². The summed E-state index contributed by atoms with van der Waals surface area (Å²) in [5, 5.41) is 0. The summed E-state index contributed by atoms with van der Waals surface area (Å²) in [6.07, 6.45) is 10.8. The summed E-state index contributed by atoms with van der Waals surface area (Å²) in [5.41, 5.74) is 9.23. The fraction of sp³-hybridized carbons (Fsp3) is 0.0833. The van der Waals surface area contributed by atoms with Crippen LogP contribution in [0.3, 0.4) is 0 Å². The Balaban J connectivity index is 0.000000191. The van der Waals surface area contributed by atoms with Gasteiger partial charge in [-0.1, -0.05) is 54.6 Å². The third-order valence-corrected chi connectivity index (χ3v) is 7.57. The molecule has 4 aromatic carbocycles. The summed E-state index contributed by atoms with van der Waals surface area (Å²) >= 11 is 0. The Kier molecular flexibility index (Phi) is 20.5. The van der Waals surface area contributed by atoms with Gasteiger partial charge in [-0.25, -0.2) is 0 Å². The second-order valence-corrected chi connectivity index (χ2v) is 11.6. The van der Waals surface area contributed by atoms with Crippen molar-refractivity contribution in [2.45, 2.75) is 25.7 Å². The van der Waals surface area contributed by atoms with Gasteiger partial charge in [-0.05, 0) is 73.4 Å². The molecule has 0 atom stereocenters. The molecule has 0 unspecified atom stereocenters. The van der Waals surface area contributed by atoms with Crippen LogP contribution in [0.4, 0.5) is 0 Å². The van der Waals surface area contributed by atoms with Crippen molar-refractivity contribution >= 4 is 8.41 Å². The molecule has 0 saturated heterocycles. The van der Waals surface area contributed by atoms with E-state index >= 15 is 0 Å². The maximum absolute atomic E-state index is 4.27. The van der Waals surface area contributed by atoms with Crippen LogP contribution in [0.5, 0.6) is 0 Å². The van der Waals surface area contributed by atoms with Gasteiger partial charge in [0, 0.05) is 82.5 Å². The molecule has 8 rings (SSSR count). The van der Waals surface area contributed by atoms with Crippen LogP contribution < -0.4 is 0 Å². The smallest absolute Gasteiger partial charge is 0.0447 e. The molecule has 0 fully saturated rings. The van der Waals surface area contributed by atoms with Crippen LogP contribution >= 0.6 is 0 Å². The number of aromatic nitrogens is 4. The zero-order valence-corrected chi connectivity index (χ0v) is 32.5. The Morgan fingerprint density at radius 3 is 0.889 bits per heavy atom. The SMILES string of the molecule is [B].[Ir].[c-]1ccccc1Cc1ccccn1.[c-]1ccccc1Cc1ccccn1.[c-]1ccccc1Cc1ccccn1.c1ccc(Cc2ccccn2)cc1. The summed E-state index contributed by atoms with van der Waals surface area (Å²) in [5.74, 6) is 0. The minimum atomic E-state index is 0. The van der Waals surface area contributed by atoms with Gasteiger partial charge in [0.15, 0.2) is 0 Å². The summed E-state index contributed by atoms with van der Waals surface area (Å²) in [4.78, 5) is 17.0. The monoisotopic (exact) mass is 877 g/mol. The molecule has 4 heterocycles. The fourth-order valence-corrected chi connectivity index (χ4v) is 5.02. The predicted octanol–water partition coefficient (Wildman–Crippen LogP) is 9.71. The second kappa shape index (κ2) is 26.0. The first-order valence-electron chi connectivity index (χ1n) is 17.3. The quantitative estimate of drug-likeness (QED) is 0.113. The zero-order chi connectivity index (χ0) is 35.7. The first-order chi connectivity index (χ1) is 25.8. The van der Waals surface area contributed by atoms with E-state index in [1.165, 1.54) is 22.3 Å². The van der Waals surface area contributed by atoms with E-state index in [4.69, 9.17) is 0 Å². The molecular weight excluding hydrogens is 836 g/mol. The molecule has 0 aliphatic heterocycles. The largest absolute Gasteiger partial charge is 0.261 e. The molecule has 54 heavy (non-hydrogen) atoms. The fourth-order valence-electron chi connectivity index (χ4n) is 5.02. The van der Waals surface area contributed by atoms with E-state index in [0.717, 1.165) is 48.5 Å².